The van der Waals surface area contributed by atoms with Crippen molar-refractivity contribution in [3.63, 3.8) is 0 Å². The Kier molecular flexibility index (Phi) is 4.21. The molecule has 0 aromatic heterocycles. The monoisotopic (exact) mass is 270 g/mol. The SMILES string of the molecule is Nc1cccc(S(=O)(=O)NCCOCC2CC2)c1. The molecule has 6 heteroatoms. The molecule has 0 unspecified atom stereocenters. The van der Waals surface area contributed by atoms with Gasteiger partial charge < -0.3 is 10.5 Å². The molecule has 0 saturated heterocycles. The van der Waals surface area contributed by atoms with Gasteiger partial charge in [-0.25, -0.2) is 13.1 Å². The van der Waals surface area contributed by atoms with E-state index in [2.05, 4.69) is 4.72 Å². The van der Waals surface area contributed by atoms with Gasteiger partial charge in [0.05, 0.1) is 11.5 Å². The predicted molar refractivity (Wildman–Crippen MR) is 69.6 cm³/mol. The Labute approximate surface area is 107 Å². The topological polar surface area (TPSA) is 81.4 Å². The Morgan fingerprint density at radius 2 is 2.17 bits per heavy atom. The second-order valence-electron chi connectivity index (χ2n) is 4.49. The van der Waals surface area contributed by atoms with E-state index in [0.717, 1.165) is 6.61 Å². The van der Waals surface area contributed by atoms with Gasteiger partial charge in [-0.15, -0.1) is 0 Å². The van der Waals surface area contributed by atoms with Gasteiger partial charge in [0, 0.05) is 18.8 Å². The first-order chi connectivity index (χ1) is 8.58. The average Bonchev–Trinajstić information content (AvgIpc) is 3.12. The van der Waals surface area contributed by atoms with E-state index in [0.29, 0.717) is 18.2 Å². The molecule has 1 aromatic rings. The van der Waals surface area contributed by atoms with Crippen molar-refractivity contribution in [2.45, 2.75) is 17.7 Å². The summed E-state index contributed by atoms with van der Waals surface area (Å²) in [6.45, 7) is 1.42. The van der Waals surface area contributed by atoms with Crippen LogP contribution < -0.4 is 10.5 Å². The van der Waals surface area contributed by atoms with Crippen LogP contribution >= 0.6 is 0 Å². The molecule has 1 aromatic carbocycles. The second kappa shape index (κ2) is 5.69. The molecule has 18 heavy (non-hydrogen) atoms. The number of sulfonamides is 1. The highest BCUT2D eigenvalue weighted by molar-refractivity contribution is 7.89. The molecule has 0 radical (unpaired) electrons. The van der Waals surface area contributed by atoms with Gasteiger partial charge in [0.2, 0.25) is 10.0 Å². The lowest BCUT2D eigenvalue weighted by Gasteiger charge is -2.07. The molecule has 2 rings (SSSR count). The molecule has 0 heterocycles. The van der Waals surface area contributed by atoms with Crippen molar-refractivity contribution in [2.75, 3.05) is 25.5 Å². The quantitative estimate of drug-likeness (QED) is 0.571. The highest BCUT2D eigenvalue weighted by Gasteiger charge is 2.21. The first kappa shape index (κ1) is 13.3. The van der Waals surface area contributed by atoms with Crippen molar-refractivity contribution in [1.82, 2.24) is 4.72 Å². The van der Waals surface area contributed by atoms with Crippen molar-refractivity contribution < 1.29 is 13.2 Å². The van der Waals surface area contributed by atoms with Gasteiger partial charge in [-0.3, -0.25) is 0 Å². The summed E-state index contributed by atoms with van der Waals surface area (Å²) < 4.78 is 31.6. The van der Waals surface area contributed by atoms with Crippen LogP contribution in [0.3, 0.4) is 0 Å². The molecule has 0 spiro atoms. The van der Waals surface area contributed by atoms with Crippen molar-refractivity contribution >= 4 is 15.7 Å². The van der Waals surface area contributed by atoms with Crippen LogP contribution in [0.4, 0.5) is 5.69 Å². The van der Waals surface area contributed by atoms with Crippen LogP contribution in [0.15, 0.2) is 29.2 Å². The number of nitrogens with two attached hydrogens (primary N) is 1. The smallest absolute Gasteiger partial charge is 0.240 e. The van der Waals surface area contributed by atoms with Gasteiger partial charge in [0.1, 0.15) is 0 Å². The van der Waals surface area contributed by atoms with Crippen LogP contribution in [0.2, 0.25) is 0 Å². The maximum absolute atomic E-state index is 11.9. The molecule has 5 nitrogen and oxygen atoms in total. The summed E-state index contributed by atoms with van der Waals surface area (Å²) in [4.78, 5) is 0.185. The van der Waals surface area contributed by atoms with Gasteiger partial charge in [0.15, 0.2) is 0 Å². The first-order valence-electron chi connectivity index (χ1n) is 6.01. The van der Waals surface area contributed by atoms with Crippen LogP contribution in [0, 0.1) is 5.92 Å². The summed E-state index contributed by atoms with van der Waals surface area (Å²) in [7, 11) is -3.48. The zero-order valence-corrected chi connectivity index (χ0v) is 10.9. The lowest BCUT2D eigenvalue weighted by Crippen LogP contribution is -2.27. The molecular weight excluding hydrogens is 252 g/mol. The number of ether oxygens (including phenoxy) is 1. The van der Waals surface area contributed by atoms with Crippen LogP contribution in [0.25, 0.3) is 0 Å². The third-order valence-electron chi connectivity index (χ3n) is 2.76. The third-order valence-corrected chi connectivity index (χ3v) is 4.22. The van der Waals surface area contributed by atoms with Crippen molar-refractivity contribution in [3.8, 4) is 0 Å². The Morgan fingerprint density at radius 3 is 2.83 bits per heavy atom. The molecule has 3 N–H and O–H groups in total. The highest BCUT2D eigenvalue weighted by Crippen LogP contribution is 2.28. The van der Waals surface area contributed by atoms with Crippen LogP contribution in [-0.4, -0.2) is 28.2 Å². The summed E-state index contributed by atoms with van der Waals surface area (Å²) in [6, 6.07) is 6.22. The molecule has 1 saturated carbocycles. The van der Waals surface area contributed by atoms with E-state index in [-0.39, 0.29) is 11.4 Å². The lowest BCUT2D eigenvalue weighted by atomic mass is 10.3. The van der Waals surface area contributed by atoms with Crippen molar-refractivity contribution in [2.24, 2.45) is 5.92 Å². The Hall–Kier alpha value is -1.11. The maximum atomic E-state index is 11.9. The van der Waals surface area contributed by atoms with Gasteiger partial charge in [-0.05, 0) is 37.0 Å². The summed E-state index contributed by atoms with van der Waals surface area (Å²) in [5, 5.41) is 0. The number of hydrogen-bond acceptors (Lipinski definition) is 4. The number of benzene rings is 1. The Balaban J connectivity index is 1.79. The van der Waals surface area contributed by atoms with E-state index >= 15 is 0 Å². The maximum Gasteiger partial charge on any atom is 0.240 e. The number of nitrogen functional groups attached to an aromatic ring is 1. The fourth-order valence-corrected chi connectivity index (χ4v) is 2.62. The number of rotatable bonds is 7. The zero-order chi connectivity index (χ0) is 13.0. The minimum absolute atomic E-state index is 0.185. The minimum atomic E-state index is -3.48. The molecule has 1 aliphatic carbocycles. The Bertz CT molecular complexity index is 498. The van der Waals surface area contributed by atoms with Gasteiger partial charge in [0.25, 0.3) is 0 Å². The van der Waals surface area contributed by atoms with Crippen LogP contribution in [-0.2, 0) is 14.8 Å². The summed E-state index contributed by atoms with van der Waals surface area (Å²) >= 11 is 0. The molecular formula is C12H18N2O3S. The molecule has 0 atom stereocenters. The number of anilines is 1. The molecule has 0 amide bonds. The van der Waals surface area contributed by atoms with E-state index in [9.17, 15) is 8.42 Å². The molecule has 1 fully saturated rings. The molecule has 0 bridgehead atoms. The Morgan fingerprint density at radius 1 is 1.39 bits per heavy atom. The summed E-state index contributed by atoms with van der Waals surface area (Å²) in [5.74, 6) is 0.690. The molecule has 0 aliphatic heterocycles. The van der Waals surface area contributed by atoms with Crippen LogP contribution in [0.5, 0.6) is 0 Å². The highest BCUT2D eigenvalue weighted by atomic mass is 32.2. The van der Waals surface area contributed by atoms with E-state index in [1.807, 2.05) is 0 Å². The fourth-order valence-electron chi connectivity index (χ4n) is 1.55. The van der Waals surface area contributed by atoms with Gasteiger partial charge >= 0.3 is 0 Å². The van der Waals surface area contributed by atoms with Crippen LogP contribution in [0.1, 0.15) is 12.8 Å². The number of hydrogen-bond donors (Lipinski definition) is 2. The molecule has 1 aliphatic rings. The van der Waals surface area contributed by atoms with E-state index in [4.69, 9.17) is 10.5 Å². The second-order valence-corrected chi connectivity index (χ2v) is 6.26. The lowest BCUT2D eigenvalue weighted by molar-refractivity contribution is 0.129. The average molecular weight is 270 g/mol. The standard InChI is InChI=1S/C12H18N2O3S/c13-11-2-1-3-12(8-11)18(15,16)14-6-7-17-9-10-4-5-10/h1-3,8,10,14H,4-7,9,13H2. The van der Waals surface area contributed by atoms with Crippen molar-refractivity contribution in [3.05, 3.63) is 24.3 Å². The zero-order valence-electron chi connectivity index (χ0n) is 10.1. The van der Waals surface area contributed by atoms with Gasteiger partial charge in [-0.2, -0.15) is 0 Å². The predicted octanol–water partition coefficient (Wildman–Crippen LogP) is 0.974. The number of nitrogens with one attached hydrogen (secondary N) is 1. The van der Waals surface area contributed by atoms with E-state index in [1.54, 1.807) is 12.1 Å². The largest absolute Gasteiger partial charge is 0.399 e. The van der Waals surface area contributed by atoms with E-state index in [1.165, 1.54) is 25.0 Å². The minimum Gasteiger partial charge on any atom is -0.399 e. The van der Waals surface area contributed by atoms with Crippen molar-refractivity contribution in [1.29, 1.82) is 0 Å². The molecule has 100 valence electrons. The summed E-state index contributed by atoms with van der Waals surface area (Å²) in [5.41, 5.74) is 5.99. The third kappa shape index (κ3) is 3.97. The normalized spacial score (nSPS) is 15.8. The first-order valence-corrected chi connectivity index (χ1v) is 7.49. The van der Waals surface area contributed by atoms with E-state index < -0.39 is 10.0 Å². The fraction of sp³-hybridized carbons (Fsp3) is 0.500. The summed E-state index contributed by atoms with van der Waals surface area (Å²) in [6.07, 6.45) is 2.46. The van der Waals surface area contributed by atoms with Gasteiger partial charge in [-0.1, -0.05) is 6.07 Å².